The monoisotopic (exact) mass is 349 g/mol. The first-order valence-electron chi connectivity index (χ1n) is 8.49. The molecule has 0 unspecified atom stereocenters. The van der Waals surface area contributed by atoms with Gasteiger partial charge in [0, 0.05) is 38.5 Å². The fourth-order valence-electron chi connectivity index (χ4n) is 2.65. The number of nitrogens with one attached hydrogen (secondary N) is 1. The number of ether oxygens (including phenoxy) is 1. The zero-order chi connectivity index (χ0) is 18.4. The Morgan fingerprint density at radius 2 is 1.88 bits per heavy atom. The van der Waals surface area contributed by atoms with Crippen LogP contribution in [0.25, 0.3) is 11.3 Å². The van der Waals surface area contributed by atoms with Gasteiger partial charge in [0.05, 0.1) is 12.8 Å². The second-order valence-electron chi connectivity index (χ2n) is 6.08. The van der Waals surface area contributed by atoms with E-state index in [2.05, 4.69) is 26.3 Å². The molecule has 3 aromatic rings. The average Bonchev–Trinajstić information content (AvgIpc) is 2.68. The van der Waals surface area contributed by atoms with Gasteiger partial charge in [0.1, 0.15) is 23.7 Å². The Kier molecular flexibility index (Phi) is 5.63. The van der Waals surface area contributed by atoms with Crippen LogP contribution in [0.5, 0.6) is 5.75 Å². The van der Waals surface area contributed by atoms with Crippen LogP contribution in [0.15, 0.2) is 55.0 Å². The van der Waals surface area contributed by atoms with Crippen LogP contribution < -0.4 is 15.0 Å². The van der Waals surface area contributed by atoms with Gasteiger partial charge >= 0.3 is 0 Å². The number of nitrogens with zero attached hydrogens (tertiary/aromatic N) is 4. The third-order valence-electron chi connectivity index (χ3n) is 4.06. The molecule has 2 aromatic heterocycles. The highest BCUT2D eigenvalue weighted by atomic mass is 16.5. The van der Waals surface area contributed by atoms with Crippen molar-refractivity contribution in [2.24, 2.45) is 0 Å². The van der Waals surface area contributed by atoms with Crippen LogP contribution in [0.1, 0.15) is 5.56 Å². The summed E-state index contributed by atoms with van der Waals surface area (Å²) >= 11 is 0. The maximum absolute atomic E-state index is 5.39. The summed E-state index contributed by atoms with van der Waals surface area (Å²) in [6.45, 7) is 0.759. The van der Waals surface area contributed by atoms with E-state index in [9.17, 15) is 0 Å². The third-order valence-corrected chi connectivity index (χ3v) is 4.06. The van der Waals surface area contributed by atoms with Crippen LogP contribution in [0.3, 0.4) is 0 Å². The highest BCUT2D eigenvalue weighted by Gasteiger charge is 2.05. The van der Waals surface area contributed by atoms with Gasteiger partial charge in [-0.15, -0.1) is 0 Å². The molecule has 0 amide bonds. The Bertz CT molecular complexity index is 849. The van der Waals surface area contributed by atoms with Gasteiger partial charge in [-0.3, -0.25) is 0 Å². The summed E-state index contributed by atoms with van der Waals surface area (Å²) in [6, 6.07) is 14.0. The summed E-state index contributed by atoms with van der Waals surface area (Å²) in [7, 11) is 5.63. The Morgan fingerprint density at radius 1 is 1.04 bits per heavy atom. The maximum atomic E-state index is 5.39. The molecule has 0 fully saturated rings. The van der Waals surface area contributed by atoms with Gasteiger partial charge < -0.3 is 15.0 Å². The Labute approximate surface area is 153 Å². The zero-order valence-electron chi connectivity index (χ0n) is 15.3. The van der Waals surface area contributed by atoms with E-state index in [0.717, 1.165) is 41.6 Å². The van der Waals surface area contributed by atoms with Gasteiger partial charge in [0.25, 0.3) is 0 Å². The summed E-state index contributed by atoms with van der Waals surface area (Å²) in [5.74, 6) is 2.62. The highest BCUT2D eigenvalue weighted by Crippen LogP contribution is 2.21. The second-order valence-corrected chi connectivity index (χ2v) is 6.08. The molecule has 0 spiro atoms. The minimum atomic E-state index is 0.759. The number of anilines is 2. The summed E-state index contributed by atoms with van der Waals surface area (Å²) in [6.07, 6.45) is 4.25. The van der Waals surface area contributed by atoms with Crippen molar-refractivity contribution in [3.05, 3.63) is 60.6 Å². The molecule has 0 bridgehead atoms. The smallest absolute Gasteiger partial charge is 0.129 e. The fourth-order valence-corrected chi connectivity index (χ4v) is 2.65. The van der Waals surface area contributed by atoms with Gasteiger partial charge in [0.2, 0.25) is 0 Å². The van der Waals surface area contributed by atoms with Crippen molar-refractivity contribution in [2.45, 2.75) is 6.42 Å². The van der Waals surface area contributed by atoms with E-state index in [4.69, 9.17) is 4.74 Å². The summed E-state index contributed by atoms with van der Waals surface area (Å²) < 4.78 is 5.39. The molecule has 0 saturated heterocycles. The number of pyridine rings is 1. The molecule has 0 aliphatic carbocycles. The van der Waals surface area contributed by atoms with E-state index < -0.39 is 0 Å². The van der Waals surface area contributed by atoms with Crippen molar-refractivity contribution < 1.29 is 4.74 Å². The van der Waals surface area contributed by atoms with Crippen LogP contribution in [0.2, 0.25) is 0 Å². The van der Waals surface area contributed by atoms with Crippen LogP contribution in [0.4, 0.5) is 11.6 Å². The van der Waals surface area contributed by atoms with Gasteiger partial charge in [-0.1, -0.05) is 18.2 Å². The van der Waals surface area contributed by atoms with Crippen LogP contribution in [-0.4, -0.2) is 42.7 Å². The first kappa shape index (κ1) is 17.7. The van der Waals surface area contributed by atoms with Gasteiger partial charge in [-0.25, -0.2) is 15.0 Å². The van der Waals surface area contributed by atoms with E-state index in [0.29, 0.717) is 0 Å². The number of hydrogen-bond acceptors (Lipinski definition) is 6. The quantitative estimate of drug-likeness (QED) is 0.706. The lowest BCUT2D eigenvalue weighted by Gasteiger charge is -2.12. The Balaban J connectivity index is 1.66. The normalized spacial score (nSPS) is 10.4. The average molecular weight is 349 g/mol. The van der Waals surface area contributed by atoms with Crippen molar-refractivity contribution in [2.75, 3.05) is 38.0 Å². The van der Waals surface area contributed by atoms with Crippen LogP contribution in [-0.2, 0) is 6.42 Å². The second kappa shape index (κ2) is 8.29. The molecule has 2 heterocycles. The van der Waals surface area contributed by atoms with Crippen LogP contribution >= 0.6 is 0 Å². The molecular formula is C20H23N5O. The largest absolute Gasteiger partial charge is 0.496 e. The highest BCUT2D eigenvalue weighted by molar-refractivity contribution is 5.62. The molecule has 26 heavy (non-hydrogen) atoms. The molecule has 0 radical (unpaired) electrons. The molecule has 0 aliphatic rings. The van der Waals surface area contributed by atoms with Crippen LogP contribution in [0, 0.1) is 0 Å². The standard InChI is InChI=1S/C20H23N5O/c1-25(2)20-9-8-16(13-22-20)17-12-19(24-14-23-17)21-11-10-15-6-4-5-7-18(15)26-3/h4-9,12-14H,10-11H2,1-3H3,(H,21,23,24). The van der Waals surface area contributed by atoms with E-state index in [1.165, 1.54) is 5.56 Å². The van der Waals surface area contributed by atoms with Crippen molar-refractivity contribution in [3.8, 4) is 17.0 Å². The number of para-hydroxylation sites is 1. The minimum absolute atomic E-state index is 0.759. The number of benzene rings is 1. The lowest BCUT2D eigenvalue weighted by molar-refractivity contribution is 0.410. The van der Waals surface area contributed by atoms with Crippen molar-refractivity contribution in [1.29, 1.82) is 0 Å². The van der Waals surface area contributed by atoms with Gasteiger partial charge in [-0.05, 0) is 30.2 Å². The Morgan fingerprint density at radius 3 is 2.62 bits per heavy atom. The number of methoxy groups -OCH3 is 1. The first-order valence-corrected chi connectivity index (χ1v) is 8.49. The molecule has 6 nitrogen and oxygen atoms in total. The topological polar surface area (TPSA) is 63.2 Å². The lowest BCUT2D eigenvalue weighted by Crippen LogP contribution is -2.10. The lowest BCUT2D eigenvalue weighted by atomic mass is 10.1. The molecule has 134 valence electrons. The van der Waals surface area contributed by atoms with Crippen molar-refractivity contribution >= 4 is 11.6 Å². The van der Waals surface area contributed by atoms with Gasteiger partial charge in [0.15, 0.2) is 0 Å². The predicted octanol–water partition coefficient (Wildman–Crippen LogP) is 3.27. The fraction of sp³-hybridized carbons (Fsp3) is 0.250. The number of rotatable bonds is 7. The van der Waals surface area contributed by atoms with E-state index in [1.807, 2.05) is 61.6 Å². The first-order chi connectivity index (χ1) is 12.7. The molecule has 0 atom stereocenters. The van der Waals surface area contributed by atoms with Crippen molar-refractivity contribution in [3.63, 3.8) is 0 Å². The molecule has 0 aliphatic heterocycles. The van der Waals surface area contributed by atoms with E-state index >= 15 is 0 Å². The van der Waals surface area contributed by atoms with Gasteiger partial charge in [-0.2, -0.15) is 0 Å². The molecule has 6 heteroatoms. The minimum Gasteiger partial charge on any atom is -0.496 e. The maximum Gasteiger partial charge on any atom is 0.129 e. The third kappa shape index (κ3) is 4.27. The van der Waals surface area contributed by atoms with Crippen molar-refractivity contribution in [1.82, 2.24) is 15.0 Å². The number of aromatic nitrogens is 3. The predicted molar refractivity (Wildman–Crippen MR) is 105 cm³/mol. The summed E-state index contributed by atoms with van der Waals surface area (Å²) in [5, 5.41) is 3.35. The molecule has 0 saturated carbocycles. The SMILES string of the molecule is COc1ccccc1CCNc1cc(-c2ccc(N(C)C)nc2)ncn1. The van der Waals surface area contributed by atoms with E-state index in [-0.39, 0.29) is 0 Å². The zero-order valence-corrected chi connectivity index (χ0v) is 15.3. The number of hydrogen-bond donors (Lipinski definition) is 1. The summed E-state index contributed by atoms with van der Waals surface area (Å²) in [4.78, 5) is 15.1. The Hall–Kier alpha value is -3.15. The molecule has 1 N–H and O–H groups in total. The summed E-state index contributed by atoms with van der Waals surface area (Å²) in [5.41, 5.74) is 2.98. The molecule has 3 rings (SSSR count). The molecule has 1 aromatic carbocycles. The van der Waals surface area contributed by atoms with E-state index in [1.54, 1.807) is 13.4 Å². The molecular weight excluding hydrogens is 326 g/mol.